The number of amides is 1. The molecule has 0 aliphatic rings. The number of halogens is 1. The van der Waals surface area contributed by atoms with Crippen molar-refractivity contribution in [2.24, 2.45) is 5.73 Å². The normalized spacial score (nSPS) is 10.7. The molecule has 0 spiro atoms. The van der Waals surface area contributed by atoms with Gasteiger partial charge in [0.1, 0.15) is 0 Å². The van der Waals surface area contributed by atoms with Gasteiger partial charge in [0.15, 0.2) is 0 Å². The number of nitrogens with two attached hydrogens (primary N) is 1. The van der Waals surface area contributed by atoms with Crippen molar-refractivity contribution in [1.29, 1.82) is 0 Å². The van der Waals surface area contributed by atoms with Crippen molar-refractivity contribution in [3.8, 4) is 11.5 Å². The number of rotatable bonds is 8. The first-order valence-corrected chi connectivity index (χ1v) is 9.67. The van der Waals surface area contributed by atoms with Crippen LogP contribution in [0.3, 0.4) is 0 Å². The average Bonchev–Trinajstić information content (AvgIpc) is 2.57. The molecule has 1 unspecified atom stereocenters. The number of benzene rings is 1. The third-order valence-electron chi connectivity index (χ3n) is 3.04. The minimum absolute atomic E-state index is 0.00393. The Morgan fingerprint density at radius 2 is 2.00 bits per heavy atom. The van der Waals surface area contributed by atoms with Crippen molar-refractivity contribution in [3.05, 3.63) is 48.0 Å². The van der Waals surface area contributed by atoms with Gasteiger partial charge in [0.25, 0.3) is 0 Å². The second-order valence-corrected chi connectivity index (χ2v) is 7.92. The van der Waals surface area contributed by atoms with Gasteiger partial charge in [0.2, 0.25) is 0 Å². The zero-order valence-electron chi connectivity index (χ0n) is 13.8. The van der Waals surface area contributed by atoms with E-state index in [4.69, 9.17) is 15.2 Å². The standard InChI is InChI=1S/C17H16AsFN2O5/c1-2-25-16(23)9-15(22)18-10-3-4-14(12(19)7-10)26-11-5-6-21-13(8-11)17(20)24/h3-8,18H,2,9H2,1H3,(H2,20,24). The molecule has 136 valence electrons. The molecule has 1 aromatic carbocycles. The molecule has 26 heavy (non-hydrogen) atoms. The van der Waals surface area contributed by atoms with Crippen LogP contribution in [0.25, 0.3) is 0 Å². The van der Waals surface area contributed by atoms with E-state index in [9.17, 15) is 18.8 Å². The Morgan fingerprint density at radius 1 is 1.23 bits per heavy atom. The van der Waals surface area contributed by atoms with Gasteiger partial charge in [-0.25, -0.2) is 0 Å². The number of ether oxygens (including phenoxy) is 2. The van der Waals surface area contributed by atoms with Gasteiger partial charge in [0.05, 0.1) is 0 Å². The Balaban J connectivity index is 2.05. The maximum absolute atomic E-state index is 14.2. The quantitative estimate of drug-likeness (QED) is 0.380. The number of nitrogens with zero attached hydrogens (tertiary/aromatic N) is 1. The molecule has 1 atom stereocenters. The summed E-state index contributed by atoms with van der Waals surface area (Å²) in [6.45, 7) is 1.86. The number of esters is 1. The molecule has 2 N–H and O–H groups in total. The molecule has 0 fully saturated rings. The summed E-state index contributed by atoms with van der Waals surface area (Å²) in [6.07, 6.45) is 1.02. The summed E-state index contributed by atoms with van der Waals surface area (Å²) in [5.41, 5.74) is 5.13. The van der Waals surface area contributed by atoms with E-state index in [1.807, 2.05) is 0 Å². The molecular formula is C17H16AsFN2O5. The van der Waals surface area contributed by atoms with Gasteiger partial charge in [-0.15, -0.1) is 0 Å². The van der Waals surface area contributed by atoms with Crippen molar-refractivity contribution < 1.29 is 28.2 Å². The van der Waals surface area contributed by atoms with Gasteiger partial charge in [-0.2, -0.15) is 0 Å². The molecular weight excluding hydrogens is 406 g/mol. The molecule has 0 radical (unpaired) electrons. The summed E-state index contributed by atoms with van der Waals surface area (Å²) in [7, 11) is 0. The van der Waals surface area contributed by atoms with Crippen LogP contribution < -0.4 is 14.8 Å². The molecule has 0 aliphatic carbocycles. The van der Waals surface area contributed by atoms with Crippen molar-refractivity contribution in [2.75, 3.05) is 6.61 Å². The van der Waals surface area contributed by atoms with Crippen molar-refractivity contribution in [3.63, 3.8) is 0 Å². The molecule has 0 bridgehead atoms. The Bertz CT molecular complexity index is 844. The van der Waals surface area contributed by atoms with E-state index in [0.29, 0.717) is 4.35 Å². The summed E-state index contributed by atoms with van der Waals surface area (Å²) >= 11 is -1.34. The van der Waals surface area contributed by atoms with Gasteiger partial charge in [-0.3, -0.25) is 0 Å². The fourth-order valence-corrected chi connectivity index (χ4v) is 3.88. The Hall–Kier alpha value is -2.73. The van der Waals surface area contributed by atoms with Crippen LogP contribution in [0, 0.1) is 5.82 Å². The number of carbonyl (C=O) groups excluding carboxylic acids is 3. The topological polar surface area (TPSA) is 109 Å². The molecule has 9 heteroatoms. The monoisotopic (exact) mass is 422 g/mol. The molecule has 1 heterocycles. The van der Waals surface area contributed by atoms with Crippen LogP contribution in [-0.4, -0.2) is 43.8 Å². The molecule has 1 aromatic heterocycles. The third-order valence-corrected chi connectivity index (χ3v) is 5.25. The predicted octanol–water partition coefficient (Wildman–Crippen LogP) is 0.653. The van der Waals surface area contributed by atoms with E-state index in [-0.39, 0.29) is 34.8 Å². The summed E-state index contributed by atoms with van der Waals surface area (Å²) in [5.74, 6) is -1.83. The zero-order valence-corrected chi connectivity index (χ0v) is 15.9. The number of hydrogen-bond donors (Lipinski definition) is 1. The van der Waals surface area contributed by atoms with Crippen LogP contribution in [-0.2, 0) is 14.3 Å². The van der Waals surface area contributed by atoms with E-state index in [2.05, 4.69) is 4.98 Å². The van der Waals surface area contributed by atoms with Gasteiger partial charge in [-0.05, 0) is 0 Å². The Kier molecular flexibility index (Phi) is 6.86. The van der Waals surface area contributed by atoms with Crippen LogP contribution in [0.15, 0.2) is 36.5 Å². The number of hydrogen-bond acceptors (Lipinski definition) is 6. The Labute approximate surface area is 155 Å². The van der Waals surface area contributed by atoms with Crippen LogP contribution >= 0.6 is 0 Å². The van der Waals surface area contributed by atoms with Crippen molar-refractivity contribution in [1.82, 2.24) is 4.98 Å². The second kappa shape index (κ2) is 9.10. The van der Waals surface area contributed by atoms with E-state index in [1.165, 1.54) is 30.5 Å². The van der Waals surface area contributed by atoms with Crippen LogP contribution in [0.1, 0.15) is 23.8 Å². The maximum atomic E-state index is 14.2. The number of pyridine rings is 1. The molecule has 7 nitrogen and oxygen atoms in total. The Morgan fingerprint density at radius 3 is 2.65 bits per heavy atom. The summed E-state index contributed by atoms with van der Waals surface area (Å²) in [4.78, 5) is 38.0. The first-order chi connectivity index (χ1) is 12.4. The van der Waals surface area contributed by atoms with Crippen LogP contribution in [0.2, 0.25) is 0 Å². The van der Waals surface area contributed by atoms with E-state index >= 15 is 0 Å². The average molecular weight is 422 g/mol. The SMILES string of the molecule is CCOC(=O)CC(=O)[AsH]c1ccc(Oc2ccnc(C(N)=O)c2)c(F)c1. The number of carbonyl (C=O) groups is 3. The first kappa shape index (κ1) is 19.6. The van der Waals surface area contributed by atoms with Crippen molar-refractivity contribution >= 4 is 36.6 Å². The second-order valence-electron chi connectivity index (χ2n) is 5.02. The van der Waals surface area contributed by atoms with E-state index < -0.39 is 33.4 Å². The van der Waals surface area contributed by atoms with E-state index in [0.717, 1.165) is 0 Å². The van der Waals surface area contributed by atoms with Gasteiger partial charge in [-0.1, -0.05) is 0 Å². The van der Waals surface area contributed by atoms with Gasteiger partial charge >= 0.3 is 155 Å². The van der Waals surface area contributed by atoms with Gasteiger partial charge in [0, 0.05) is 0 Å². The van der Waals surface area contributed by atoms with Crippen LogP contribution in [0.5, 0.6) is 11.5 Å². The zero-order chi connectivity index (χ0) is 19.1. The van der Waals surface area contributed by atoms with Crippen LogP contribution in [0.4, 0.5) is 4.39 Å². The molecule has 0 saturated carbocycles. The molecule has 2 aromatic rings. The summed E-state index contributed by atoms with van der Waals surface area (Å²) in [6, 6.07) is 6.91. The fourth-order valence-electron chi connectivity index (χ4n) is 1.95. The predicted molar refractivity (Wildman–Crippen MR) is 92.3 cm³/mol. The third kappa shape index (κ3) is 5.67. The molecule has 0 aliphatic heterocycles. The summed E-state index contributed by atoms with van der Waals surface area (Å²) in [5, 5.41) is 0. The fraction of sp³-hybridized carbons (Fsp3) is 0.176. The molecule has 0 saturated heterocycles. The van der Waals surface area contributed by atoms with Crippen molar-refractivity contribution in [2.45, 2.75) is 13.3 Å². The molecule has 1 amide bonds. The minimum atomic E-state index is -1.34. The number of aromatic nitrogens is 1. The summed E-state index contributed by atoms with van der Waals surface area (Å²) < 4.78 is 24.6. The number of primary amides is 1. The van der Waals surface area contributed by atoms with Gasteiger partial charge < -0.3 is 0 Å². The van der Waals surface area contributed by atoms with E-state index in [1.54, 1.807) is 13.0 Å². The molecule has 2 rings (SSSR count). The first-order valence-electron chi connectivity index (χ1n) is 7.57.